The van der Waals surface area contributed by atoms with Crippen molar-refractivity contribution in [2.45, 2.75) is 9.79 Å². The van der Waals surface area contributed by atoms with E-state index in [0.29, 0.717) is 16.7 Å². The summed E-state index contributed by atoms with van der Waals surface area (Å²) < 4.78 is 65.1. The van der Waals surface area contributed by atoms with Crippen molar-refractivity contribution in [2.24, 2.45) is 0 Å². The maximum absolute atomic E-state index is 11.6. The monoisotopic (exact) mass is 491 g/mol. The Kier molecular flexibility index (Phi) is 5.99. The van der Waals surface area contributed by atoms with Crippen LogP contribution in [-0.4, -0.2) is 25.9 Å². The number of rotatable bonds is 4. The molecule has 0 saturated carbocycles. The van der Waals surface area contributed by atoms with Crippen molar-refractivity contribution in [2.75, 3.05) is 0 Å². The van der Waals surface area contributed by atoms with Gasteiger partial charge < -0.3 is 0 Å². The van der Waals surface area contributed by atoms with Crippen LogP contribution in [0.4, 0.5) is 0 Å². The van der Waals surface area contributed by atoms with Crippen molar-refractivity contribution >= 4 is 55.0 Å². The van der Waals surface area contributed by atoms with Crippen LogP contribution in [0.3, 0.4) is 0 Å². The van der Waals surface area contributed by atoms with E-state index in [9.17, 15) is 25.9 Å². The molecule has 151 valence electrons. The van der Waals surface area contributed by atoms with Crippen LogP contribution in [0.15, 0.2) is 58.3 Å². The summed E-state index contributed by atoms with van der Waals surface area (Å²) in [5.41, 5.74) is 1.19. The van der Waals surface area contributed by atoms with E-state index in [0.717, 1.165) is 12.1 Å². The molecule has 0 fully saturated rings. The first-order valence-electron chi connectivity index (χ1n) is 7.64. The molecule has 0 aliphatic carbocycles. The lowest BCUT2D eigenvalue weighted by Crippen LogP contribution is -2.01. The zero-order valence-corrected chi connectivity index (χ0v) is 18.0. The van der Waals surface area contributed by atoms with Gasteiger partial charge in [0.1, 0.15) is 9.79 Å². The lowest BCUT2D eigenvalue weighted by molar-refractivity contribution is 0.481. The third-order valence-electron chi connectivity index (χ3n) is 3.94. The van der Waals surface area contributed by atoms with Gasteiger partial charge in [-0.25, -0.2) is 0 Å². The van der Waals surface area contributed by atoms with Gasteiger partial charge in [0.25, 0.3) is 20.2 Å². The molecule has 0 aliphatic rings. The summed E-state index contributed by atoms with van der Waals surface area (Å²) in [7, 11) is -9.19. The molecule has 11 heteroatoms. The maximum atomic E-state index is 11.6. The minimum Gasteiger partial charge on any atom is -0.282 e. The molecule has 0 amide bonds. The zero-order chi connectivity index (χ0) is 21.6. The van der Waals surface area contributed by atoms with Crippen LogP contribution >= 0.6 is 34.8 Å². The molecular formula is C18H10Cl3O6S2. The first-order valence-corrected chi connectivity index (χ1v) is 11.7. The fraction of sp³-hybridized carbons (Fsp3) is 0. The molecule has 1 radical (unpaired) electrons. The summed E-state index contributed by atoms with van der Waals surface area (Å²) in [6.45, 7) is 0. The summed E-state index contributed by atoms with van der Waals surface area (Å²) in [6, 6.07) is 13.7. The van der Waals surface area contributed by atoms with E-state index in [1.54, 1.807) is 0 Å². The van der Waals surface area contributed by atoms with Crippen LogP contribution in [0.25, 0.3) is 22.3 Å². The van der Waals surface area contributed by atoms with Gasteiger partial charge in [-0.05, 0) is 53.1 Å². The standard InChI is InChI=1S/C18H10Cl3O6S2/c19-13-6-4-10(8-16(13)28(22,23)24)12-2-1-3-15(21)18(12)11-5-7-14(20)17(9-11)29(25,26)27/h1,3-9H,(H,22,23,24)(H,25,26,27). The van der Waals surface area contributed by atoms with Gasteiger partial charge in [-0.1, -0.05) is 53.0 Å². The minimum absolute atomic E-state index is 0.181. The Morgan fingerprint density at radius 1 is 0.690 bits per heavy atom. The topological polar surface area (TPSA) is 109 Å². The molecule has 29 heavy (non-hydrogen) atoms. The van der Waals surface area contributed by atoms with E-state index in [1.807, 2.05) is 0 Å². The maximum Gasteiger partial charge on any atom is 0.296 e. The number of hydrogen-bond acceptors (Lipinski definition) is 4. The molecule has 0 aliphatic heterocycles. The van der Waals surface area contributed by atoms with Gasteiger partial charge in [-0.3, -0.25) is 9.11 Å². The average Bonchev–Trinajstić information content (AvgIpc) is 2.61. The summed E-state index contributed by atoms with van der Waals surface area (Å²) in [5, 5.41) is -0.167. The normalized spacial score (nSPS) is 12.2. The summed E-state index contributed by atoms with van der Waals surface area (Å²) in [4.78, 5) is -1.03. The smallest absolute Gasteiger partial charge is 0.282 e. The SMILES string of the molecule is O=S(=O)(O)c1cc(-c2[c]ccc(Cl)c2-c2ccc(Cl)c(S(=O)(=O)O)c2)ccc1Cl. The van der Waals surface area contributed by atoms with Crippen molar-refractivity contribution in [1.29, 1.82) is 0 Å². The molecule has 0 spiro atoms. The van der Waals surface area contributed by atoms with Gasteiger partial charge >= 0.3 is 0 Å². The Hall–Kier alpha value is -1.65. The van der Waals surface area contributed by atoms with Gasteiger partial charge in [0.05, 0.1) is 10.0 Å². The first kappa shape index (κ1) is 22.0. The highest BCUT2D eigenvalue weighted by atomic mass is 35.5. The van der Waals surface area contributed by atoms with Crippen LogP contribution in [0.5, 0.6) is 0 Å². The van der Waals surface area contributed by atoms with Gasteiger partial charge in [0, 0.05) is 10.6 Å². The van der Waals surface area contributed by atoms with E-state index < -0.39 is 30.0 Å². The van der Waals surface area contributed by atoms with E-state index in [2.05, 4.69) is 6.07 Å². The van der Waals surface area contributed by atoms with Crippen molar-refractivity contribution in [3.63, 3.8) is 0 Å². The van der Waals surface area contributed by atoms with E-state index in [1.165, 1.54) is 36.4 Å². The summed E-state index contributed by atoms with van der Waals surface area (Å²) >= 11 is 18.0. The van der Waals surface area contributed by atoms with Crippen molar-refractivity contribution < 1.29 is 25.9 Å². The van der Waals surface area contributed by atoms with Crippen LogP contribution in [0.1, 0.15) is 0 Å². The predicted octanol–water partition coefficient (Wildman–Crippen LogP) is 5.27. The highest BCUT2D eigenvalue weighted by Gasteiger charge is 2.21. The third-order valence-corrected chi connectivity index (χ3v) is 6.93. The molecule has 0 bridgehead atoms. The van der Waals surface area contributed by atoms with E-state index in [4.69, 9.17) is 34.8 Å². The van der Waals surface area contributed by atoms with Gasteiger partial charge in [0.15, 0.2) is 0 Å². The minimum atomic E-state index is -4.60. The highest BCUT2D eigenvalue weighted by molar-refractivity contribution is 7.86. The highest BCUT2D eigenvalue weighted by Crippen LogP contribution is 2.40. The number of benzene rings is 3. The average molecular weight is 493 g/mol. The second kappa shape index (κ2) is 7.88. The van der Waals surface area contributed by atoms with Crippen LogP contribution in [0, 0.1) is 6.07 Å². The van der Waals surface area contributed by atoms with E-state index in [-0.39, 0.29) is 20.6 Å². The zero-order valence-electron chi connectivity index (χ0n) is 14.1. The molecule has 0 heterocycles. The second-order valence-electron chi connectivity index (χ2n) is 5.82. The van der Waals surface area contributed by atoms with Crippen LogP contribution in [0.2, 0.25) is 15.1 Å². The van der Waals surface area contributed by atoms with Gasteiger partial charge in [0.2, 0.25) is 0 Å². The second-order valence-corrected chi connectivity index (χ2v) is 9.82. The Labute approximate surface area is 182 Å². The van der Waals surface area contributed by atoms with Crippen LogP contribution in [-0.2, 0) is 20.2 Å². The number of halogens is 3. The lowest BCUT2D eigenvalue weighted by atomic mass is 9.94. The Morgan fingerprint density at radius 2 is 1.17 bits per heavy atom. The van der Waals surface area contributed by atoms with Gasteiger partial charge in [-0.2, -0.15) is 16.8 Å². The molecule has 2 N–H and O–H groups in total. The van der Waals surface area contributed by atoms with Crippen molar-refractivity contribution in [3.05, 3.63) is 69.7 Å². The Balaban J connectivity index is 2.32. The van der Waals surface area contributed by atoms with Crippen LogP contribution < -0.4 is 0 Å². The quantitative estimate of drug-likeness (QED) is 0.480. The molecule has 3 aromatic carbocycles. The largest absolute Gasteiger partial charge is 0.296 e. The fourth-order valence-electron chi connectivity index (χ4n) is 2.70. The van der Waals surface area contributed by atoms with Gasteiger partial charge in [-0.15, -0.1) is 0 Å². The molecule has 0 saturated heterocycles. The molecule has 0 atom stereocenters. The Morgan fingerprint density at radius 3 is 1.69 bits per heavy atom. The van der Waals surface area contributed by atoms with Crippen molar-refractivity contribution in [1.82, 2.24) is 0 Å². The number of hydrogen-bond donors (Lipinski definition) is 2. The third kappa shape index (κ3) is 4.59. The Bertz CT molecular complexity index is 1340. The summed E-state index contributed by atoms with van der Waals surface area (Å²) in [5.74, 6) is 0. The molecule has 0 aromatic heterocycles. The van der Waals surface area contributed by atoms with Crippen molar-refractivity contribution in [3.8, 4) is 22.3 Å². The molecule has 3 aromatic rings. The molecule has 6 nitrogen and oxygen atoms in total. The predicted molar refractivity (Wildman–Crippen MR) is 111 cm³/mol. The molecule has 0 unspecified atom stereocenters. The fourth-order valence-corrected chi connectivity index (χ4v) is 4.96. The first-order chi connectivity index (χ1) is 13.4. The summed E-state index contributed by atoms with van der Waals surface area (Å²) in [6.07, 6.45) is 0. The molecule has 3 rings (SSSR count). The lowest BCUT2D eigenvalue weighted by Gasteiger charge is -2.14. The van der Waals surface area contributed by atoms with E-state index >= 15 is 0 Å². The molecular weight excluding hydrogens is 483 g/mol.